The minimum Gasteiger partial charge on any atom is -0.321 e. The third-order valence-electron chi connectivity index (χ3n) is 3.14. The number of carbonyl (C=O) groups is 1. The van der Waals surface area contributed by atoms with E-state index in [4.69, 9.17) is 0 Å². The fourth-order valence-corrected chi connectivity index (χ4v) is 2.77. The van der Waals surface area contributed by atoms with Gasteiger partial charge in [0.15, 0.2) is 5.13 Å². The van der Waals surface area contributed by atoms with Crippen LogP contribution in [0.25, 0.3) is 0 Å². The molecular weight excluding hydrogens is 308 g/mol. The zero-order chi connectivity index (χ0) is 16.2. The molecule has 2 N–H and O–H groups in total. The van der Waals surface area contributed by atoms with Gasteiger partial charge in [0.2, 0.25) is 0 Å². The maximum atomic E-state index is 12.2. The Morgan fingerprint density at radius 1 is 1.09 bits per heavy atom. The van der Waals surface area contributed by atoms with Gasteiger partial charge in [-0.15, -0.1) is 11.3 Å². The molecule has 0 aliphatic rings. The highest BCUT2D eigenvalue weighted by Gasteiger charge is 2.11. The van der Waals surface area contributed by atoms with Crippen LogP contribution in [0.1, 0.15) is 21.7 Å². The predicted molar refractivity (Wildman–Crippen MR) is 93.5 cm³/mol. The van der Waals surface area contributed by atoms with Crippen LogP contribution in [0.4, 0.5) is 16.6 Å². The van der Waals surface area contributed by atoms with Crippen LogP contribution in [0.2, 0.25) is 0 Å². The van der Waals surface area contributed by atoms with Gasteiger partial charge in [-0.25, -0.2) is 9.97 Å². The van der Waals surface area contributed by atoms with Crippen molar-refractivity contribution in [3.05, 3.63) is 64.8 Å². The summed E-state index contributed by atoms with van der Waals surface area (Å²) in [4.78, 5) is 20.9. The number of carbonyl (C=O) groups excluding carboxylic acids is 1. The van der Waals surface area contributed by atoms with Crippen LogP contribution in [0.5, 0.6) is 0 Å². The van der Waals surface area contributed by atoms with Crippen LogP contribution < -0.4 is 10.6 Å². The topological polar surface area (TPSA) is 66.9 Å². The van der Waals surface area contributed by atoms with Gasteiger partial charge < -0.3 is 10.6 Å². The summed E-state index contributed by atoms with van der Waals surface area (Å²) in [5, 5.41) is 8.32. The molecule has 0 unspecified atom stereocenters. The lowest BCUT2D eigenvalue weighted by Gasteiger charge is -2.04. The minimum absolute atomic E-state index is 0.225. The third kappa shape index (κ3) is 3.92. The van der Waals surface area contributed by atoms with Crippen LogP contribution in [0.3, 0.4) is 0 Å². The summed E-state index contributed by atoms with van der Waals surface area (Å²) in [6.07, 6.45) is 0. The van der Waals surface area contributed by atoms with Crippen LogP contribution in [0.15, 0.2) is 47.8 Å². The number of hydrogen-bond donors (Lipinski definition) is 2. The summed E-state index contributed by atoms with van der Waals surface area (Å²) < 4.78 is 0. The summed E-state index contributed by atoms with van der Waals surface area (Å²) in [5.41, 5.74) is 3.16. The Hall–Kier alpha value is -2.73. The Balaban J connectivity index is 1.70. The van der Waals surface area contributed by atoms with E-state index in [1.807, 2.05) is 56.3 Å². The van der Waals surface area contributed by atoms with Crippen LogP contribution >= 0.6 is 11.3 Å². The molecule has 23 heavy (non-hydrogen) atoms. The van der Waals surface area contributed by atoms with E-state index >= 15 is 0 Å². The molecule has 0 saturated heterocycles. The van der Waals surface area contributed by atoms with Gasteiger partial charge in [0.1, 0.15) is 11.5 Å². The third-order valence-corrected chi connectivity index (χ3v) is 3.89. The van der Waals surface area contributed by atoms with Crippen molar-refractivity contribution >= 4 is 33.9 Å². The van der Waals surface area contributed by atoms with Crippen molar-refractivity contribution < 1.29 is 4.79 Å². The van der Waals surface area contributed by atoms with E-state index in [9.17, 15) is 4.79 Å². The summed E-state index contributed by atoms with van der Waals surface area (Å²) in [5.74, 6) is 0.488. The maximum absolute atomic E-state index is 12.2. The first-order valence-corrected chi connectivity index (χ1v) is 8.02. The highest BCUT2D eigenvalue weighted by molar-refractivity contribution is 7.14. The van der Waals surface area contributed by atoms with Gasteiger partial charge in [-0.05, 0) is 43.7 Å². The molecular formula is C17H16N4OS. The van der Waals surface area contributed by atoms with E-state index in [-0.39, 0.29) is 5.91 Å². The van der Waals surface area contributed by atoms with Gasteiger partial charge in [0.05, 0.1) is 0 Å². The summed E-state index contributed by atoms with van der Waals surface area (Å²) in [6, 6.07) is 13.4. The first kappa shape index (κ1) is 15.2. The van der Waals surface area contributed by atoms with Crippen LogP contribution in [-0.2, 0) is 0 Å². The molecule has 3 rings (SSSR count). The fraction of sp³-hybridized carbons (Fsp3) is 0.118. The van der Waals surface area contributed by atoms with E-state index in [1.165, 1.54) is 11.3 Å². The number of aryl methyl sites for hydroxylation is 2. The van der Waals surface area contributed by atoms with Gasteiger partial charge in [0, 0.05) is 16.8 Å². The van der Waals surface area contributed by atoms with Gasteiger partial charge in [-0.2, -0.15) is 0 Å². The monoisotopic (exact) mass is 324 g/mol. The maximum Gasteiger partial charge on any atom is 0.275 e. The largest absolute Gasteiger partial charge is 0.321 e. The molecule has 6 heteroatoms. The quantitative estimate of drug-likeness (QED) is 0.756. The molecule has 0 aliphatic carbocycles. The summed E-state index contributed by atoms with van der Waals surface area (Å²) >= 11 is 1.37. The van der Waals surface area contributed by atoms with Crippen molar-refractivity contribution in [1.82, 2.24) is 9.97 Å². The lowest BCUT2D eigenvalue weighted by molar-refractivity contribution is 0.102. The van der Waals surface area contributed by atoms with Gasteiger partial charge in [-0.1, -0.05) is 18.2 Å². The Bertz CT molecular complexity index is 844. The Labute approximate surface area is 138 Å². The number of nitrogens with one attached hydrogen (secondary N) is 2. The molecule has 1 amide bonds. The summed E-state index contributed by atoms with van der Waals surface area (Å²) in [7, 11) is 0. The van der Waals surface area contributed by atoms with Crippen molar-refractivity contribution in [1.29, 1.82) is 0 Å². The van der Waals surface area contributed by atoms with Gasteiger partial charge in [0.25, 0.3) is 5.91 Å². The number of anilines is 3. The van der Waals surface area contributed by atoms with Crippen LogP contribution in [0, 0.1) is 13.8 Å². The van der Waals surface area contributed by atoms with E-state index in [0.29, 0.717) is 16.6 Å². The highest BCUT2D eigenvalue weighted by Crippen LogP contribution is 2.20. The molecule has 0 fully saturated rings. The van der Waals surface area contributed by atoms with Crippen molar-refractivity contribution in [2.24, 2.45) is 0 Å². The molecule has 0 aliphatic heterocycles. The first-order chi connectivity index (χ1) is 11.1. The number of hydrogen-bond acceptors (Lipinski definition) is 5. The van der Waals surface area contributed by atoms with Crippen molar-refractivity contribution in [3.8, 4) is 0 Å². The molecule has 2 aromatic heterocycles. The fourth-order valence-electron chi connectivity index (χ4n) is 2.08. The average molecular weight is 324 g/mol. The lowest BCUT2D eigenvalue weighted by atomic mass is 10.2. The molecule has 0 atom stereocenters. The number of rotatable bonds is 4. The SMILES string of the molecule is Cc1cccc(NC(=O)c2csc(Nc3cccc(C)n3)n2)c1. The molecule has 0 radical (unpaired) electrons. The lowest BCUT2D eigenvalue weighted by Crippen LogP contribution is -2.12. The summed E-state index contributed by atoms with van der Waals surface area (Å²) in [6.45, 7) is 3.91. The second-order valence-electron chi connectivity index (χ2n) is 5.15. The Morgan fingerprint density at radius 2 is 1.91 bits per heavy atom. The standard InChI is InChI=1S/C17H16N4OS/c1-11-5-3-7-13(9-11)19-16(22)14-10-23-17(20-14)21-15-8-4-6-12(2)18-15/h3-10H,1-2H3,(H,19,22)(H,18,20,21). The number of nitrogens with zero attached hydrogens (tertiary/aromatic N) is 2. The van der Waals surface area contributed by atoms with Crippen molar-refractivity contribution in [2.75, 3.05) is 10.6 Å². The molecule has 5 nitrogen and oxygen atoms in total. The van der Waals surface area contributed by atoms with Crippen molar-refractivity contribution in [2.45, 2.75) is 13.8 Å². The molecule has 0 bridgehead atoms. The van der Waals surface area contributed by atoms with E-state index in [0.717, 1.165) is 16.9 Å². The number of pyridine rings is 1. The highest BCUT2D eigenvalue weighted by atomic mass is 32.1. The molecule has 116 valence electrons. The Morgan fingerprint density at radius 3 is 2.70 bits per heavy atom. The number of thiazole rings is 1. The second kappa shape index (κ2) is 6.58. The molecule has 2 heterocycles. The van der Waals surface area contributed by atoms with Crippen LogP contribution in [-0.4, -0.2) is 15.9 Å². The number of aromatic nitrogens is 2. The Kier molecular flexibility index (Phi) is 4.34. The average Bonchev–Trinajstić information content (AvgIpc) is 2.96. The van der Waals surface area contributed by atoms with E-state index in [2.05, 4.69) is 20.6 Å². The zero-order valence-corrected chi connectivity index (χ0v) is 13.6. The van der Waals surface area contributed by atoms with Gasteiger partial charge >= 0.3 is 0 Å². The molecule has 0 saturated carbocycles. The zero-order valence-electron chi connectivity index (χ0n) is 12.8. The molecule has 1 aromatic carbocycles. The second-order valence-corrected chi connectivity index (χ2v) is 6.01. The van der Waals surface area contributed by atoms with Crippen molar-refractivity contribution in [3.63, 3.8) is 0 Å². The van der Waals surface area contributed by atoms with E-state index in [1.54, 1.807) is 5.38 Å². The predicted octanol–water partition coefficient (Wildman–Crippen LogP) is 4.15. The van der Waals surface area contributed by atoms with E-state index < -0.39 is 0 Å². The number of amides is 1. The van der Waals surface area contributed by atoms with Gasteiger partial charge in [-0.3, -0.25) is 4.79 Å². The molecule has 3 aromatic rings. The first-order valence-electron chi connectivity index (χ1n) is 7.14. The molecule has 0 spiro atoms. The normalized spacial score (nSPS) is 10.3. The number of benzene rings is 1. The smallest absolute Gasteiger partial charge is 0.275 e. The minimum atomic E-state index is -0.225.